The Kier molecular flexibility index (Phi) is 4.95. The van der Waals surface area contributed by atoms with Crippen LogP contribution in [0, 0.1) is 0 Å². The molecule has 2 heterocycles. The van der Waals surface area contributed by atoms with Gasteiger partial charge in [-0.05, 0) is 35.3 Å². The molecule has 4 aromatic carbocycles. The Bertz CT molecular complexity index is 1640. The second-order valence-corrected chi connectivity index (χ2v) is 8.14. The summed E-state index contributed by atoms with van der Waals surface area (Å²) in [6.45, 7) is 0. The highest BCUT2D eigenvalue weighted by atomic mass is 16.4. The SMILES string of the molecule is OB(O)c1cccc(-c2cc(-c3ccc4c(c3)oc3ccccc34)nc(-c3ccccc3)n2)c1. The molecule has 6 heteroatoms. The first-order valence-corrected chi connectivity index (χ1v) is 11.0. The molecule has 2 N–H and O–H groups in total. The number of hydrogen-bond donors (Lipinski definition) is 2. The lowest BCUT2D eigenvalue weighted by Gasteiger charge is -2.10. The number of hydrogen-bond acceptors (Lipinski definition) is 5. The molecular formula is C28H19BN2O3. The van der Waals surface area contributed by atoms with Crippen LogP contribution < -0.4 is 5.46 Å². The van der Waals surface area contributed by atoms with E-state index in [9.17, 15) is 10.0 Å². The van der Waals surface area contributed by atoms with Gasteiger partial charge >= 0.3 is 7.12 Å². The number of rotatable bonds is 4. The molecule has 5 nitrogen and oxygen atoms in total. The molecule has 6 aromatic rings. The van der Waals surface area contributed by atoms with Crippen molar-refractivity contribution in [2.75, 3.05) is 0 Å². The van der Waals surface area contributed by atoms with E-state index < -0.39 is 7.12 Å². The average molecular weight is 442 g/mol. The fraction of sp³-hybridized carbons (Fsp3) is 0. The standard InChI is InChI=1S/C28H19BN2O3/c32-29(33)21-10-6-9-19(15-21)24-17-25(31-28(30-24)18-7-2-1-3-8-18)20-13-14-23-22-11-4-5-12-26(22)34-27(23)16-20/h1-17,32-33H. The minimum Gasteiger partial charge on any atom is -0.456 e. The summed E-state index contributed by atoms with van der Waals surface area (Å²) in [4.78, 5) is 9.67. The molecule has 0 unspecified atom stereocenters. The number of benzene rings is 4. The van der Waals surface area contributed by atoms with Gasteiger partial charge in [-0.1, -0.05) is 78.9 Å². The molecule has 0 amide bonds. The van der Waals surface area contributed by atoms with Gasteiger partial charge in [0.2, 0.25) is 0 Å². The lowest BCUT2D eigenvalue weighted by Crippen LogP contribution is -2.29. The van der Waals surface area contributed by atoms with E-state index in [2.05, 4.69) is 12.1 Å². The van der Waals surface area contributed by atoms with Gasteiger partial charge in [0, 0.05) is 21.9 Å². The van der Waals surface area contributed by atoms with Crippen LogP contribution in [0.3, 0.4) is 0 Å². The maximum absolute atomic E-state index is 9.63. The number of para-hydroxylation sites is 1. The molecule has 0 radical (unpaired) electrons. The van der Waals surface area contributed by atoms with Crippen LogP contribution in [0.5, 0.6) is 0 Å². The van der Waals surface area contributed by atoms with E-state index in [0.717, 1.165) is 44.3 Å². The molecule has 0 spiro atoms. The first kappa shape index (κ1) is 20.4. The summed E-state index contributed by atoms with van der Waals surface area (Å²) >= 11 is 0. The highest BCUT2D eigenvalue weighted by Gasteiger charge is 2.15. The molecule has 2 aromatic heterocycles. The van der Waals surface area contributed by atoms with Crippen molar-refractivity contribution in [2.45, 2.75) is 0 Å². The quantitative estimate of drug-likeness (QED) is 0.374. The van der Waals surface area contributed by atoms with Crippen molar-refractivity contribution in [2.24, 2.45) is 0 Å². The Morgan fingerprint density at radius 3 is 2.03 bits per heavy atom. The monoisotopic (exact) mass is 442 g/mol. The summed E-state index contributed by atoms with van der Waals surface area (Å²) in [5, 5.41) is 21.4. The van der Waals surface area contributed by atoms with Crippen LogP contribution in [0.15, 0.2) is 108 Å². The molecule has 0 aliphatic heterocycles. The number of fused-ring (bicyclic) bond motifs is 3. The van der Waals surface area contributed by atoms with Gasteiger partial charge in [0.1, 0.15) is 11.2 Å². The zero-order chi connectivity index (χ0) is 23.1. The summed E-state index contributed by atoms with van der Waals surface area (Å²) in [6, 6.07) is 32.9. The molecule has 0 bridgehead atoms. The van der Waals surface area contributed by atoms with Crippen molar-refractivity contribution in [3.05, 3.63) is 103 Å². The Balaban J connectivity index is 1.54. The normalized spacial score (nSPS) is 11.2. The van der Waals surface area contributed by atoms with E-state index in [1.54, 1.807) is 18.2 Å². The zero-order valence-corrected chi connectivity index (χ0v) is 18.1. The fourth-order valence-electron chi connectivity index (χ4n) is 4.20. The van der Waals surface area contributed by atoms with Gasteiger partial charge < -0.3 is 14.5 Å². The van der Waals surface area contributed by atoms with E-state index >= 15 is 0 Å². The Labute approximate surface area is 196 Å². The third-order valence-corrected chi connectivity index (χ3v) is 5.91. The van der Waals surface area contributed by atoms with Crippen molar-refractivity contribution in [1.82, 2.24) is 9.97 Å². The average Bonchev–Trinajstić information content (AvgIpc) is 3.27. The van der Waals surface area contributed by atoms with E-state index in [4.69, 9.17) is 14.4 Å². The smallest absolute Gasteiger partial charge is 0.456 e. The number of furan rings is 1. The summed E-state index contributed by atoms with van der Waals surface area (Å²) in [5.74, 6) is 0.591. The lowest BCUT2D eigenvalue weighted by atomic mass is 9.79. The molecule has 0 fully saturated rings. The minimum atomic E-state index is -1.55. The molecule has 6 rings (SSSR count). The van der Waals surface area contributed by atoms with Crippen molar-refractivity contribution in [1.29, 1.82) is 0 Å². The summed E-state index contributed by atoms with van der Waals surface area (Å²) in [7, 11) is -1.55. The second kappa shape index (κ2) is 8.26. The first-order valence-electron chi connectivity index (χ1n) is 11.0. The van der Waals surface area contributed by atoms with Gasteiger partial charge in [0.15, 0.2) is 5.82 Å². The van der Waals surface area contributed by atoms with Crippen LogP contribution in [-0.4, -0.2) is 27.1 Å². The van der Waals surface area contributed by atoms with Gasteiger partial charge in [0.25, 0.3) is 0 Å². The summed E-state index contributed by atoms with van der Waals surface area (Å²) in [6.07, 6.45) is 0. The van der Waals surface area contributed by atoms with E-state index in [-0.39, 0.29) is 0 Å². The topological polar surface area (TPSA) is 79.4 Å². The first-order chi connectivity index (χ1) is 16.7. The molecule has 0 saturated carbocycles. The fourth-order valence-corrected chi connectivity index (χ4v) is 4.20. The van der Waals surface area contributed by atoms with Crippen LogP contribution >= 0.6 is 0 Å². The van der Waals surface area contributed by atoms with Gasteiger partial charge in [0.05, 0.1) is 11.4 Å². The largest absolute Gasteiger partial charge is 0.488 e. The summed E-state index contributed by atoms with van der Waals surface area (Å²) in [5.41, 5.74) is 6.07. The second-order valence-electron chi connectivity index (χ2n) is 8.14. The molecule has 0 aliphatic carbocycles. The third-order valence-electron chi connectivity index (χ3n) is 5.91. The molecule has 0 aliphatic rings. The van der Waals surface area contributed by atoms with Crippen molar-refractivity contribution >= 4 is 34.5 Å². The van der Waals surface area contributed by atoms with Gasteiger partial charge in [-0.2, -0.15) is 0 Å². The predicted molar refractivity (Wildman–Crippen MR) is 135 cm³/mol. The molecule has 0 atom stereocenters. The van der Waals surface area contributed by atoms with E-state index in [1.807, 2.05) is 72.8 Å². The van der Waals surface area contributed by atoms with Gasteiger partial charge in [-0.15, -0.1) is 0 Å². The highest BCUT2D eigenvalue weighted by Crippen LogP contribution is 2.33. The van der Waals surface area contributed by atoms with Crippen LogP contribution in [0.2, 0.25) is 0 Å². The van der Waals surface area contributed by atoms with Crippen molar-refractivity contribution in [3.8, 4) is 33.9 Å². The molecule has 0 saturated heterocycles. The van der Waals surface area contributed by atoms with Crippen molar-refractivity contribution < 1.29 is 14.5 Å². The van der Waals surface area contributed by atoms with Crippen molar-refractivity contribution in [3.63, 3.8) is 0 Å². The van der Waals surface area contributed by atoms with Gasteiger partial charge in [-0.3, -0.25) is 0 Å². The molecule has 34 heavy (non-hydrogen) atoms. The van der Waals surface area contributed by atoms with Gasteiger partial charge in [-0.25, -0.2) is 9.97 Å². The third kappa shape index (κ3) is 3.65. The van der Waals surface area contributed by atoms with Crippen LogP contribution in [-0.2, 0) is 0 Å². The predicted octanol–water partition coefficient (Wildman–Crippen LogP) is 5.06. The number of nitrogens with zero attached hydrogens (tertiary/aromatic N) is 2. The summed E-state index contributed by atoms with van der Waals surface area (Å²) < 4.78 is 6.09. The number of aromatic nitrogens is 2. The Morgan fingerprint density at radius 1 is 0.559 bits per heavy atom. The zero-order valence-electron chi connectivity index (χ0n) is 18.1. The molecule has 162 valence electrons. The maximum Gasteiger partial charge on any atom is 0.488 e. The van der Waals surface area contributed by atoms with Crippen LogP contribution in [0.1, 0.15) is 0 Å². The van der Waals surface area contributed by atoms with Crippen LogP contribution in [0.25, 0.3) is 55.8 Å². The minimum absolute atomic E-state index is 0.405. The Morgan fingerprint density at radius 2 is 1.24 bits per heavy atom. The van der Waals surface area contributed by atoms with E-state index in [0.29, 0.717) is 17.0 Å². The highest BCUT2D eigenvalue weighted by molar-refractivity contribution is 6.58. The lowest BCUT2D eigenvalue weighted by molar-refractivity contribution is 0.426. The van der Waals surface area contributed by atoms with E-state index in [1.165, 1.54) is 0 Å². The Hall–Kier alpha value is -4.26. The van der Waals surface area contributed by atoms with Crippen LogP contribution in [0.4, 0.5) is 0 Å². The maximum atomic E-state index is 9.63. The molecular weight excluding hydrogens is 423 g/mol.